The molecule has 0 aliphatic carbocycles. The predicted molar refractivity (Wildman–Crippen MR) is 81.1 cm³/mol. The number of hydrogen-bond donors (Lipinski definition) is 1. The van der Waals surface area contributed by atoms with Crippen LogP contribution in [0.25, 0.3) is 0 Å². The summed E-state index contributed by atoms with van der Waals surface area (Å²) in [6.45, 7) is 2.22. The largest absolute Gasteiger partial charge is 0.320 e. The van der Waals surface area contributed by atoms with Gasteiger partial charge in [0.05, 0.1) is 12.6 Å². The molecule has 1 unspecified atom stereocenters. The van der Waals surface area contributed by atoms with E-state index < -0.39 is 0 Å². The normalized spacial score (nSPS) is 17.0. The first-order chi connectivity index (χ1) is 10.1. The molecule has 1 aliphatic heterocycles. The number of nitrogens with zero attached hydrogens (tertiary/aromatic N) is 1. The quantitative estimate of drug-likeness (QED) is 0.667. The van der Waals surface area contributed by atoms with E-state index in [0.29, 0.717) is 19.4 Å². The molecular weight excluding hydrogens is 264 g/mol. The second-order valence-corrected chi connectivity index (χ2v) is 5.17. The van der Waals surface area contributed by atoms with Gasteiger partial charge in [0, 0.05) is 18.4 Å². The van der Waals surface area contributed by atoms with Gasteiger partial charge >= 0.3 is 0 Å². The molecule has 21 heavy (non-hydrogen) atoms. The lowest BCUT2D eigenvalue weighted by atomic mass is 10.0. The number of carbonyl (C=O) groups is 2. The Morgan fingerprint density at radius 3 is 2.24 bits per heavy atom. The first-order valence-corrected chi connectivity index (χ1v) is 7.27. The molecule has 4 heteroatoms. The molecule has 0 bridgehead atoms. The van der Waals surface area contributed by atoms with Gasteiger partial charge < -0.3 is 5.73 Å². The topological polar surface area (TPSA) is 63.4 Å². The smallest absolute Gasteiger partial charge is 0.229 e. The summed E-state index contributed by atoms with van der Waals surface area (Å²) in [6.07, 6.45) is 2.50. The van der Waals surface area contributed by atoms with Crippen LogP contribution in [0.3, 0.4) is 0 Å². The zero-order valence-corrected chi connectivity index (χ0v) is 12.3. The van der Waals surface area contributed by atoms with Gasteiger partial charge in [-0.25, -0.2) is 0 Å². The number of benzene rings is 1. The van der Waals surface area contributed by atoms with Crippen LogP contribution in [0.1, 0.15) is 49.8 Å². The highest BCUT2D eigenvalue weighted by Gasteiger charge is 2.29. The van der Waals surface area contributed by atoms with Gasteiger partial charge in [-0.15, -0.1) is 0 Å². The maximum absolute atomic E-state index is 12.1. The highest BCUT2D eigenvalue weighted by Crippen LogP contribution is 2.25. The van der Waals surface area contributed by atoms with Crippen molar-refractivity contribution < 1.29 is 9.59 Å². The van der Waals surface area contributed by atoms with Crippen LogP contribution < -0.4 is 5.73 Å². The Balaban J connectivity index is 2.19. The van der Waals surface area contributed by atoms with Crippen molar-refractivity contribution in [3.63, 3.8) is 0 Å². The van der Waals surface area contributed by atoms with Crippen LogP contribution in [0, 0.1) is 11.8 Å². The number of likely N-dealkylation sites (tertiary alicyclic amines) is 1. The Morgan fingerprint density at radius 2 is 1.71 bits per heavy atom. The minimum Gasteiger partial charge on any atom is -0.320 e. The van der Waals surface area contributed by atoms with Crippen molar-refractivity contribution in [3.8, 4) is 11.8 Å². The van der Waals surface area contributed by atoms with E-state index in [9.17, 15) is 9.59 Å². The van der Waals surface area contributed by atoms with Crippen molar-refractivity contribution >= 4 is 11.8 Å². The van der Waals surface area contributed by atoms with E-state index in [2.05, 4.69) is 11.8 Å². The first kappa shape index (κ1) is 15.3. The Morgan fingerprint density at radius 1 is 1.14 bits per heavy atom. The zero-order chi connectivity index (χ0) is 15.2. The molecule has 0 saturated carbocycles. The fourth-order valence-electron chi connectivity index (χ4n) is 2.51. The molecule has 2 N–H and O–H groups in total. The lowest BCUT2D eigenvalue weighted by Gasteiger charge is -2.26. The molecular formula is C17H20N2O2. The number of amides is 2. The number of rotatable bonds is 2. The third kappa shape index (κ3) is 3.71. The van der Waals surface area contributed by atoms with Crippen molar-refractivity contribution in [1.82, 2.24) is 4.90 Å². The third-order valence-corrected chi connectivity index (χ3v) is 3.68. The molecule has 1 fully saturated rings. The van der Waals surface area contributed by atoms with Gasteiger partial charge in [-0.3, -0.25) is 14.5 Å². The maximum atomic E-state index is 12.1. The SMILES string of the molecule is CC(c1ccc(C#CCN)cc1)N1C(=O)CCCCC1=O. The van der Waals surface area contributed by atoms with Gasteiger partial charge in [0.1, 0.15) is 0 Å². The number of hydrogen-bond acceptors (Lipinski definition) is 3. The van der Waals surface area contributed by atoms with Crippen LogP contribution in [0.4, 0.5) is 0 Å². The van der Waals surface area contributed by atoms with Gasteiger partial charge in [-0.2, -0.15) is 0 Å². The number of imide groups is 1. The van der Waals surface area contributed by atoms with E-state index in [0.717, 1.165) is 24.0 Å². The fraction of sp³-hybridized carbons (Fsp3) is 0.412. The zero-order valence-electron chi connectivity index (χ0n) is 12.3. The molecule has 2 amide bonds. The lowest BCUT2D eigenvalue weighted by molar-refractivity contribution is -0.146. The van der Waals surface area contributed by atoms with Crippen molar-refractivity contribution in [2.75, 3.05) is 6.54 Å². The van der Waals surface area contributed by atoms with Crippen molar-refractivity contribution in [2.24, 2.45) is 5.73 Å². The molecule has 4 nitrogen and oxygen atoms in total. The van der Waals surface area contributed by atoms with Gasteiger partial charge in [0.2, 0.25) is 11.8 Å². The Labute approximate surface area is 125 Å². The van der Waals surface area contributed by atoms with Crippen LogP contribution in [0.2, 0.25) is 0 Å². The number of carbonyl (C=O) groups excluding carboxylic acids is 2. The summed E-state index contributed by atoms with van der Waals surface area (Å²) in [4.78, 5) is 25.6. The van der Waals surface area contributed by atoms with Crippen molar-refractivity contribution in [2.45, 2.75) is 38.6 Å². The van der Waals surface area contributed by atoms with E-state index >= 15 is 0 Å². The van der Waals surface area contributed by atoms with Crippen molar-refractivity contribution in [3.05, 3.63) is 35.4 Å². The van der Waals surface area contributed by atoms with Gasteiger partial charge in [-0.05, 0) is 37.5 Å². The van der Waals surface area contributed by atoms with Crippen LogP contribution in [0.5, 0.6) is 0 Å². The average Bonchev–Trinajstić information content (AvgIpc) is 2.66. The van der Waals surface area contributed by atoms with Crippen LogP contribution >= 0.6 is 0 Å². The molecule has 1 saturated heterocycles. The molecule has 1 heterocycles. The molecule has 0 spiro atoms. The molecule has 1 aromatic carbocycles. The molecule has 1 aliphatic rings. The fourth-order valence-corrected chi connectivity index (χ4v) is 2.51. The van der Waals surface area contributed by atoms with Gasteiger partial charge in [0.15, 0.2) is 0 Å². The summed E-state index contributed by atoms with van der Waals surface area (Å²) in [6, 6.07) is 7.37. The summed E-state index contributed by atoms with van der Waals surface area (Å²) in [5, 5.41) is 0. The second kappa shape index (κ2) is 7.05. The molecule has 0 radical (unpaired) electrons. The van der Waals surface area contributed by atoms with Crippen LogP contribution in [-0.2, 0) is 9.59 Å². The van der Waals surface area contributed by atoms with Crippen LogP contribution in [-0.4, -0.2) is 23.3 Å². The number of nitrogens with two attached hydrogens (primary N) is 1. The van der Waals surface area contributed by atoms with Gasteiger partial charge in [-0.1, -0.05) is 24.0 Å². The highest BCUT2D eigenvalue weighted by atomic mass is 16.2. The molecule has 1 aromatic rings. The maximum Gasteiger partial charge on any atom is 0.229 e. The Kier molecular flexibility index (Phi) is 5.13. The second-order valence-electron chi connectivity index (χ2n) is 5.17. The summed E-state index contributed by atoms with van der Waals surface area (Å²) in [5.41, 5.74) is 7.16. The molecule has 2 rings (SSSR count). The minimum absolute atomic E-state index is 0.0722. The summed E-state index contributed by atoms with van der Waals surface area (Å²) in [5.74, 6) is 5.61. The average molecular weight is 284 g/mol. The Bertz CT molecular complexity index is 563. The standard InChI is InChI=1S/C17H20N2O2/c1-13(19-16(20)6-2-3-7-17(19)21)15-10-8-14(9-11-15)5-4-12-18/h8-11,13H,2-3,6-7,12,18H2,1H3. The molecule has 0 aromatic heterocycles. The Hall–Kier alpha value is -2.12. The third-order valence-electron chi connectivity index (χ3n) is 3.68. The van der Waals surface area contributed by atoms with Crippen LogP contribution in [0.15, 0.2) is 24.3 Å². The molecule has 1 atom stereocenters. The van der Waals surface area contributed by atoms with E-state index in [1.54, 1.807) is 0 Å². The molecule has 110 valence electrons. The summed E-state index contributed by atoms with van der Waals surface area (Å²) < 4.78 is 0. The van der Waals surface area contributed by atoms with E-state index in [-0.39, 0.29) is 17.9 Å². The van der Waals surface area contributed by atoms with E-state index in [1.807, 2.05) is 31.2 Å². The first-order valence-electron chi connectivity index (χ1n) is 7.27. The highest BCUT2D eigenvalue weighted by molar-refractivity contribution is 5.96. The van der Waals surface area contributed by atoms with Gasteiger partial charge in [0.25, 0.3) is 0 Å². The monoisotopic (exact) mass is 284 g/mol. The van der Waals surface area contributed by atoms with E-state index in [4.69, 9.17) is 5.73 Å². The van der Waals surface area contributed by atoms with E-state index in [1.165, 1.54) is 4.90 Å². The summed E-state index contributed by atoms with van der Waals surface area (Å²) in [7, 11) is 0. The van der Waals surface area contributed by atoms with Crippen molar-refractivity contribution in [1.29, 1.82) is 0 Å². The lowest BCUT2D eigenvalue weighted by Crippen LogP contribution is -2.37. The minimum atomic E-state index is -0.236. The summed E-state index contributed by atoms with van der Waals surface area (Å²) >= 11 is 0. The predicted octanol–water partition coefficient (Wildman–Crippen LogP) is 1.99.